The Labute approximate surface area is 142 Å². The summed E-state index contributed by atoms with van der Waals surface area (Å²) in [6.45, 7) is 4.01. The van der Waals surface area contributed by atoms with Crippen LogP contribution in [0.2, 0.25) is 5.02 Å². The first-order valence-corrected chi connectivity index (χ1v) is 9.72. The van der Waals surface area contributed by atoms with Gasteiger partial charge in [-0.1, -0.05) is 11.6 Å². The Hall–Kier alpha value is -1.31. The van der Waals surface area contributed by atoms with E-state index in [4.69, 9.17) is 16.3 Å². The average molecular weight is 361 g/mol. The maximum atomic E-state index is 12.6. The molecule has 0 saturated carbocycles. The van der Waals surface area contributed by atoms with Gasteiger partial charge >= 0.3 is 0 Å². The zero-order valence-corrected chi connectivity index (χ0v) is 14.9. The molecular formula is C15H21ClN2O4S. The van der Waals surface area contributed by atoms with E-state index in [-0.39, 0.29) is 5.91 Å². The van der Waals surface area contributed by atoms with Gasteiger partial charge in [-0.05, 0) is 31.5 Å². The number of benzene rings is 1. The fourth-order valence-corrected chi connectivity index (χ4v) is 3.63. The van der Waals surface area contributed by atoms with Crippen molar-refractivity contribution in [3.8, 4) is 5.75 Å². The van der Waals surface area contributed by atoms with Crippen LogP contribution in [-0.4, -0.2) is 62.6 Å². The van der Waals surface area contributed by atoms with Gasteiger partial charge in [0.05, 0.1) is 17.9 Å². The molecule has 1 fully saturated rings. The molecule has 8 heteroatoms. The number of rotatable bonds is 4. The summed E-state index contributed by atoms with van der Waals surface area (Å²) in [6.07, 6.45) is 1.81. The molecule has 1 amide bonds. The highest BCUT2D eigenvalue weighted by Crippen LogP contribution is 2.26. The number of amides is 1. The molecule has 6 nitrogen and oxygen atoms in total. The Morgan fingerprint density at radius 1 is 1.26 bits per heavy atom. The van der Waals surface area contributed by atoms with Crippen LogP contribution in [-0.2, 0) is 10.0 Å². The molecule has 1 aromatic rings. The second-order valence-corrected chi connectivity index (χ2v) is 7.78. The molecule has 128 valence electrons. The van der Waals surface area contributed by atoms with Crippen LogP contribution in [0.25, 0.3) is 0 Å². The number of hydrogen-bond acceptors (Lipinski definition) is 4. The predicted octanol–water partition coefficient (Wildman–Crippen LogP) is 1.85. The summed E-state index contributed by atoms with van der Waals surface area (Å²) in [5, 5.41) is 0.394. The minimum Gasteiger partial charge on any atom is -0.492 e. The number of carbonyl (C=O) groups is 1. The molecule has 0 radical (unpaired) electrons. The van der Waals surface area contributed by atoms with Crippen molar-refractivity contribution < 1.29 is 17.9 Å². The van der Waals surface area contributed by atoms with Crippen molar-refractivity contribution in [3.63, 3.8) is 0 Å². The highest BCUT2D eigenvalue weighted by molar-refractivity contribution is 7.88. The van der Waals surface area contributed by atoms with E-state index < -0.39 is 10.0 Å². The van der Waals surface area contributed by atoms with E-state index in [1.165, 1.54) is 10.6 Å². The molecule has 1 aliphatic rings. The maximum Gasteiger partial charge on any atom is 0.253 e. The lowest BCUT2D eigenvalue weighted by Gasteiger charge is -2.21. The van der Waals surface area contributed by atoms with Crippen LogP contribution in [0, 0.1) is 0 Å². The van der Waals surface area contributed by atoms with Crippen LogP contribution in [0.1, 0.15) is 23.7 Å². The van der Waals surface area contributed by atoms with Crippen LogP contribution in [0.15, 0.2) is 18.2 Å². The molecule has 2 rings (SSSR count). The lowest BCUT2D eigenvalue weighted by atomic mass is 10.2. The van der Waals surface area contributed by atoms with Gasteiger partial charge in [0, 0.05) is 31.7 Å². The van der Waals surface area contributed by atoms with Crippen molar-refractivity contribution in [2.45, 2.75) is 13.3 Å². The monoisotopic (exact) mass is 360 g/mol. The quantitative estimate of drug-likeness (QED) is 0.821. The van der Waals surface area contributed by atoms with Gasteiger partial charge in [0.15, 0.2) is 0 Å². The van der Waals surface area contributed by atoms with E-state index in [9.17, 15) is 13.2 Å². The summed E-state index contributed by atoms with van der Waals surface area (Å²) in [5.41, 5.74) is 0.478. The molecule has 0 aromatic heterocycles. The van der Waals surface area contributed by atoms with E-state index in [0.717, 1.165) is 0 Å². The molecule has 0 N–H and O–H groups in total. The van der Waals surface area contributed by atoms with E-state index in [0.29, 0.717) is 55.5 Å². The molecule has 0 spiro atoms. The molecule has 0 unspecified atom stereocenters. The van der Waals surface area contributed by atoms with Gasteiger partial charge in [-0.15, -0.1) is 0 Å². The Kier molecular flexibility index (Phi) is 5.89. The summed E-state index contributed by atoms with van der Waals surface area (Å²) in [5.74, 6) is 0.398. The van der Waals surface area contributed by atoms with E-state index in [2.05, 4.69) is 0 Å². The van der Waals surface area contributed by atoms with Crippen molar-refractivity contribution in [2.24, 2.45) is 0 Å². The molecule has 0 aliphatic carbocycles. The van der Waals surface area contributed by atoms with Crippen molar-refractivity contribution in [1.29, 1.82) is 0 Å². The van der Waals surface area contributed by atoms with Crippen molar-refractivity contribution in [1.82, 2.24) is 9.21 Å². The summed E-state index contributed by atoms with van der Waals surface area (Å²) >= 11 is 6.12. The average Bonchev–Trinajstić information content (AvgIpc) is 2.74. The largest absolute Gasteiger partial charge is 0.492 e. The molecular weight excluding hydrogens is 340 g/mol. The van der Waals surface area contributed by atoms with E-state index in [1.807, 2.05) is 6.92 Å². The molecule has 1 saturated heterocycles. The third kappa shape index (κ3) is 4.59. The van der Waals surface area contributed by atoms with Crippen LogP contribution in [0.4, 0.5) is 0 Å². The van der Waals surface area contributed by atoms with Crippen LogP contribution in [0.5, 0.6) is 5.75 Å². The number of carbonyl (C=O) groups excluding carboxylic acids is 1. The number of hydrogen-bond donors (Lipinski definition) is 0. The molecule has 0 bridgehead atoms. The number of ether oxygens (including phenoxy) is 1. The highest BCUT2D eigenvalue weighted by Gasteiger charge is 2.24. The molecule has 1 heterocycles. The Morgan fingerprint density at radius 3 is 2.61 bits per heavy atom. The molecule has 23 heavy (non-hydrogen) atoms. The lowest BCUT2D eigenvalue weighted by molar-refractivity contribution is 0.0764. The minimum absolute atomic E-state index is 0.148. The Bertz CT molecular complexity index is 678. The third-order valence-corrected chi connectivity index (χ3v) is 5.29. The van der Waals surface area contributed by atoms with Crippen molar-refractivity contribution in [2.75, 3.05) is 39.0 Å². The van der Waals surface area contributed by atoms with Gasteiger partial charge in [0.1, 0.15) is 5.75 Å². The van der Waals surface area contributed by atoms with Gasteiger partial charge in [0.2, 0.25) is 10.0 Å². The van der Waals surface area contributed by atoms with Crippen molar-refractivity contribution >= 4 is 27.5 Å². The van der Waals surface area contributed by atoms with E-state index in [1.54, 1.807) is 23.1 Å². The van der Waals surface area contributed by atoms with Gasteiger partial charge in [0.25, 0.3) is 5.91 Å². The Morgan fingerprint density at radius 2 is 2.00 bits per heavy atom. The second kappa shape index (κ2) is 7.51. The van der Waals surface area contributed by atoms with Gasteiger partial charge in [-0.2, -0.15) is 0 Å². The zero-order chi connectivity index (χ0) is 17.0. The van der Waals surface area contributed by atoms with Crippen LogP contribution < -0.4 is 4.74 Å². The first kappa shape index (κ1) is 18.0. The fraction of sp³-hybridized carbons (Fsp3) is 0.533. The summed E-state index contributed by atoms with van der Waals surface area (Å²) in [7, 11) is -3.22. The first-order valence-electron chi connectivity index (χ1n) is 7.49. The Balaban J connectivity index is 2.10. The summed E-state index contributed by atoms with van der Waals surface area (Å²) in [4.78, 5) is 14.3. The molecule has 1 aromatic carbocycles. The number of sulfonamides is 1. The smallest absolute Gasteiger partial charge is 0.253 e. The third-order valence-electron chi connectivity index (χ3n) is 3.69. The lowest BCUT2D eigenvalue weighted by Crippen LogP contribution is -2.36. The van der Waals surface area contributed by atoms with E-state index >= 15 is 0 Å². The molecule has 1 aliphatic heterocycles. The normalized spacial score (nSPS) is 16.9. The summed E-state index contributed by atoms with van der Waals surface area (Å²) in [6, 6.07) is 4.95. The predicted molar refractivity (Wildman–Crippen MR) is 89.6 cm³/mol. The van der Waals surface area contributed by atoms with Gasteiger partial charge < -0.3 is 9.64 Å². The van der Waals surface area contributed by atoms with Crippen LogP contribution >= 0.6 is 11.6 Å². The first-order chi connectivity index (χ1) is 10.8. The maximum absolute atomic E-state index is 12.6. The minimum atomic E-state index is -3.22. The van der Waals surface area contributed by atoms with Gasteiger partial charge in [-0.25, -0.2) is 12.7 Å². The standard InChI is InChI=1S/C15H21ClN2O4S/c1-3-22-14-6-5-12(11-13(14)16)15(19)17-7-4-8-18(10-9-17)23(2,20)21/h5-6,11H,3-4,7-10H2,1-2H3. The number of halogens is 1. The van der Waals surface area contributed by atoms with Gasteiger partial charge in [-0.3, -0.25) is 4.79 Å². The highest BCUT2D eigenvalue weighted by atomic mass is 35.5. The second-order valence-electron chi connectivity index (χ2n) is 5.39. The SMILES string of the molecule is CCOc1ccc(C(=O)N2CCCN(S(C)(=O)=O)CC2)cc1Cl. The summed E-state index contributed by atoms with van der Waals surface area (Å²) < 4.78 is 30.0. The number of nitrogens with zero attached hydrogens (tertiary/aromatic N) is 2. The molecule has 0 atom stereocenters. The van der Waals surface area contributed by atoms with Crippen molar-refractivity contribution in [3.05, 3.63) is 28.8 Å². The fourth-order valence-electron chi connectivity index (χ4n) is 2.52. The topological polar surface area (TPSA) is 66.9 Å². The zero-order valence-electron chi connectivity index (χ0n) is 13.3. The van der Waals surface area contributed by atoms with Crippen LogP contribution in [0.3, 0.4) is 0 Å².